The summed E-state index contributed by atoms with van der Waals surface area (Å²) in [4.78, 5) is 2.31. The third-order valence-corrected chi connectivity index (χ3v) is 11.9. The van der Waals surface area contributed by atoms with Gasteiger partial charge in [-0.3, -0.25) is 0 Å². The summed E-state index contributed by atoms with van der Waals surface area (Å²) in [7, 11) is 0. The van der Waals surface area contributed by atoms with Crippen molar-refractivity contribution in [3.63, 3.8) is 0 Å². The third kappa shape index (κ3) is 5.36. The lowest BCUT2D eigenvalue weighted by molar-refractivity contribution is 0.668. The van der Waals surface area contributed by atoms with Gasteiger partial charge >= 0.3 is 0 Å². The fourth-order valence-corrected chi connectivity index (χ4v) is 9.03. The minimum atomic E-state index is 0.806. The molecule has 0 aliphatic heterocycles. The molecule has 3 nitrogen and oxygen atoms in total. The molecule has 0 spiro atoms. The first-order chi connectivity index (χ1) is 29.3. The number of rotatable bonds is 6. The number of benzene rings is 10. The summed E-state index contributed by atoms with van der Waals surface area (Å²) < 4.78 is 14.3. The number of furan rings is 2. The highest BCUT2D eigenvalue weighted by atomic mass is 16.3. The average Bonchev–Trinajstić information content (AvgIpc) is 3.90. The molecule has 0 bridgehead atoms. The molecule has 10 aromatic carbocycles. The van der Waals surface area contributed by atoms with Crippen molar-refractivity contribution in [1.82, 2.24) is 0 Å². The molecular formula is C56H35NO2. The van der Waals surface area contributed by atoms with Crippen LogP contribution in [0.2, 0.25) is 0 Å². The number of hydrogen-bond acceptors (Lipinski definition) is 3. The lowest BCUT2D eigenvalue weighted by Crippen LogP contribution is -2.10. The average molecular weight is 754 g/mol. The molecule has 0 fully saturated rings. The Morgan fingerprint density at radius 1 is 0.288 bits per heavy atom. The summed E-state index contributed by atoms with van der Waals surface area (Å²) in [6, 6.07) is 75.4. The molecule has 12 rings (SSSR count). The number of para-hydroxylation sites is 2. The summed E-state index contributed by atoms with van der Waals surface area (Å²) in [5.74, 6) is 0. The number of fused-ring (bicyclic) bond motifs is 9. The predicted octanol–water partition coefficient (Wildman–Crippen LogP) is 16.3. The van der Waals surface area contributed by atoms with Crippen LogP contribution in [0, 0.1) is 0 Å². The van der Waals surface area contributed by atoms with Gasteiger partial charge in [0.15, 0.2) is 11.2 Å². The van der Waals surface area contributed by atoms with E-state index in [4.69, 9.17) is 8.83 Å². The Labute approximate surface area is 340 Å². The summed E-state index contributed by atoms with van der Waals surface area (Å²) in [6.45, 7) is 0. The van der Waals surface area contributed by atoms with Gasteiger partial charge in [0, 0.05) is 38.2 Å². The normalized spacial score (nSPS) is 11.7. The minimum Gasteiger partial charge on any atom is -0.453 e. The third-order valence-electron chi connectivity index (χ3n) is 11.9. The number of hydrogen-bond donors (Lipinski definition) is 0. The van der Waals surface area contributed by atoms with Crippen LogP contribution >= 0.6 is 0 Å². The van der Waals surface area contributed by atoms with Crippen LogP contribution in [0.3, 0.4) is 0 Å². The maximum absolute atomic E-state index is 7.25. The SMILES string of the molecule is c1ccc(-c2ccc(-c3ccccc3)c3c2oc2c(N(c4ccc(-c5ccc6ccccc6c5)cc4)c4cccc5c4oc4c6ccccc6ccc54)cccc23)cc1. The summed E-state index contributed by atoms with van der Waals surface area (Å²) in [5, 5.41) is 9.00. The zero-order valence-electron chi connectivity index (χ0n) is 32.0. The van der Waals surface area contributed by atoms with E-state index in [0.717, 1.165) is 99.5 Å². The second kappa shape index (κ2) is 13.4. The van der Waals surface area contributed by atoms with Crippen LogP contribution in [0.5, 0.6) is 0 Å². The highest BCUT2D eigenvalue weighted by Gasteiger charge is 2.25. The molecule has 0 aliphatic carbocycles. The molecule has 0 saturated heterocycles. The first-order valence-corrected chi connectivity index (χ1v) is 20.1. The molecule has 12 aromatic rings. The Kier molecular flexibility index (Phi) is 7.54. The summed E-state index contributed by atoms with van der Waals surface area (Å²) in [5.41, 5.74) is 13.0. The second-order valence-corrected chi connectivity index (χ2v) is 15.2. The smallest absolute Gasteiger partial charge is 0.159 e. The summed E-state index contributed by atoms with van der Waals surface area (Å²) >= 11 is 0. The van der Waals surface area contributed by atoms with Gasteiger partial charge < -0.3 is 13.7 Å². The molecule has 0 unspecified atom stereocenters. The zero-order valence-corrected chi connectivity index (χ0v) is 32.0. The van der Waals surface area contributed by atoms with E-state index in [2.05, 4.69) is 217 Å². The highest BCUT2D eigenvalue weighted by Crippen LogP contribution is 2.49. The molecule has 0 aliphatic rings. The van der Waals surface area contributed by atoms with Gasteiger partial charge in [-0.2, -0.15) is 0 Å². The molecule has 0 atom stereocenters. The van der Waals surface area contributed by atoms with E-state index in [1.54, 1.807) is 0 Å². The Morgan fingerprint density at radius 2 is 0.831 bits per heavy atom. The van der Waals surface area contributed by atoms with Crippen molar-refractivity contribution in [3.05, 3.63) is 212 Å². The lowest BCUT2D eigenvalue weighted by Gasteiger charge is -2.25. The van der Waals surface area contributed by atoms with Crippen molar-refractivity contribution in [2.45, 2.75) is 0 Å². The van der Waals surface area contributed by atoms with Crippen molar-refractivity contribution >= 4 is 82.5 Å². The van der Waals surface area contributed by atoms with Crippen molar-refractivity contribution < 1.29 is 8.83 Å². The van der Waals surface area contributed by atoms with Gasteiger partial charge in [-0.25, -0.2) is 0 Å². The van der Waals surface area contributed by atoms with Crippen LogP contribution in [0.25, 0.3) is 98.8 Å². The van der Waals surface area contributed by atoms with Gasteiger partial charge in [-0.1, -0.05) is 170 Å². The molecular weight excluding hydrogens is 719 g/mol. The van der Waals surface area contributed by atoms with Gasteiger partial charge in [-0.15, -0.1) is 0 Å². The molecule has 276 valence electrons. The van der Waals surface area contributed by atoms with Crippen LogP contribution in [-0.4, -0.2) is 0 Å². The zero-order chi connectivity index (χ0) is 38.9. The van der Waals surface area contributed by atoms with Gasteiger partial charge in [0.1, 0.15) is 11.2 Å². The van der Waals surface area contributed by atoms with Crippen molar-refractivity contribution in [1.29, 1.82) is 0 Å². The van der Waals surface area contributed by atoms with E-state index in [1.807, 2.05) is 0 Å². The van der Waals surface area contributed by atoms with E-state index in [0.29, 0.717) is 0 Å². The Morgan fingerprint density at radius 3 is 1.59 bits per heavy atom. The topological polar surface area (TPSA) is 29.5 Å². The molecule has 59 heavy (non-hydrogen) atoms. The molecule has 2 aromatic heterocycles. The number of anilines is 3. The van der Waals surface area contributed by atoms with Crippen molar-refractivity contribution in [3.8, 4) is 33.4 Å². The lowest BCUT2D eigenvalue weighted by atomic mass is 9.94. The second-order valence-electron chi connectivity index (χ2n) is 15.2. The predicted molar refractivity (Wildman–Crippen MR) is 247 cm³/mol. The van der Waals surface area contributed by atoms with E-state index in [1.165, 1.54) is 16.3 Å². The standard InChI is InChI=1S/C56H35NO2/c1-3-14-38(15-4-1)44-33-34-46(39-16-5-2-6-17-39)56-52(44)49-22-12-24-51(55(49)59-56)57(43-30-27-37(28-31-43)42-26-25-36-13-7-8-19-41(36)35-42)50-23-11-21-47-48-32-29-40-18-9-10-20-45(40)53(48)58-54(47)50/h1-35H. The summed E-state index contributed by atoms with van der Waals surface area (Å²) in [6.07, 6.45) is 0. The first kappa shape index (κ1) is 33.3. The maximum atomic E-state index is 7.25. The molecule has 2 heterocycles. The largest absolute Gasteiger partial charge is 0.453 e. The fraction of sp³-hybridized carbons (Fsp3) is 0. The van der Waals surface area contributed by atoms with Crippen LogP contribution in [0.4, 0.5) is 17.1 Å². The molecule has 0 radical (unpaired) electrons. The van der Waals surface area contributed by atoms with Crippen LogP contribution in [0.15, 0.2) is 221 Å². The minimum absolute atomic E-state index is 0.806. The molecule has 0 N–H and O–H groups in total. The quantitative estimate of drug-likeness (QED) is 0.169. The van der Waals surface area contributed by atoms with Gasteiger partial charge in [0.2, 0.25) is 0 Å². The van der Waals surface area contributed by atoms with Gasteiger partial charge in [0.25, 0.3) is 0 Å². The first-order valence-electron chi connectivity index (χ1n) is 20.1. The van der Waals surface area contributed by atoms with Crippen LogP contribution in [0.1, 0.15) is 0 Å². The fourth-order valence-electron chi connectivity index (χ4n) is 9.03. The van der Waals surface area contributed by atoms with E-state index in [9.17, 15) is 0 Å². The van der Waals surface area contributed by atoms with Crippen LogP contribution < -0.4 is 4.90 Å². The Bertz CT molecular complexity index is 3540. The van der Waals surface area contributed by atoms with Crippen molar-refractivity contribution in [2.24, 2.45) is 0 Å². The number of nitrogens with zero attached hydrogens (tertiary/aromatic N) is 1. The molecule has 0 amide bonds. The van der Waals surface area contributed by atoms with Gasteiger partial charge in [-0.05, 0) is 86.4 Å². The van der Waals surface area contributed by atoms with Gasteiger partial charge in [0.05, 0.1) is 11.4 Å². The Hall–Kier alpha value is -7.88. The monoisotopic (exact) mass is 753 g/mol. The maximum Gasteiger partial charge on any atom is 0.159 e. The van der Waals surface area contributed by atoms with Crippen LogP contribution in [-0.2, 0) is 0 Å². The van der Waals surface area contributed by atoms with E-state index in [-0.39, 0.29) is 0 Å². The van der Waals surface area contributed by atoms with E-state index >= 15 is 0 Å². The molecule has 0 saturated carbocycles. The molecule has 3 heteroatoms. The van der Waals surface area contributed by atoms with Crippen molar-refractivity contribution in [2.75, 3.05) is 4.90 Å². The highest BCUT2D eigenvalue weighted by molar-refractivity contribution is 6.21. The Balaban J connectivity index is 1.13. The van der Waals surface area contributed by atoms with E-state index < -0.39 is 0 Å².